The first-order valence-electron chi connectivity index (χ1n) is 16.4. The summed E-state index contributed by atoms with van der Waals surface area (Å²) in [5.74, 6) is 1.71. The van der Waals surface area contributed by atoms with Crippen LogP contribution in [-0.4, -0.2) is 74.4 Å². The van der Waals surface area contributed by atoms with E-state index >= 15 is 0 Å². The molecule has 0 spiro atoms. The number of methoxy groups -OCH3 is 2. The third-order valence-electron chi connectivity index (χ3n) is 8.20. The highest BCUT2D eigenvalue weighted by Gasteiger charge is 2.52. The summed E-state index contributed by atoms with van der Waals surface area (Å²) in [6.45, 7) is 19.8. The number of unbranched alkanes of at least 4 members (excludes halogenated alkanes) is 1. The number of rotatable bonds is 17. The molecule has 1 heterocycles. The van der Waals surface area contributed by atoms with Crippen molar-refractivity contribution < 1.29 is 33.3 Å². The van der Waals surface area contributed by atoms with Crippen molar-refractivity contribution in [1.82, 2.24) is 10.2 Å². The third-order valence-corrected chi connectivity index (χ3v) is 8.20. The van der Waals surface area contributed by atoms with Crippen LogP contribution in [0.5, 0.6) is 11.5 Å². The number of hydrogen-bond donors (Lipinski definition) is 1. The largest absolute Gasteiger partial charge is 0.493 e. The lowest BCUT2D eigenvalue weighted by molar-refractivity contribution is -0.126. The van der Waals surface area contributed by atoms with Gasteiger partial charge >= 0.3 is 6.09 Å². The van der Waals surface area contributed by atoms with Crippen molar-refractivity contribution in [3.63, 3.8) is 0 Å². The van der Waals surface area contributed by atoms with Crippen molar-refractivity contribution in [3.05, 3.63) is 23.8 Å². The molecule has 1 aromatic carbocycles. The SMILES string of the molecule is CCCCNC(=O)[C@H](C)C[C@@H]1OC(C)(C)N(C(=O)OC(C)(C)C)[C@H]1C[C@H](Cc1ccc(OC)c(OCCCOC)c1)C(C)C. The first-order valence-corrected chi connectivity index (χ1v) is 16.4. The smallest absolute Gasteiger partial charge is 0.412 e. The number of hydrogen-bond acceptors (Lipinski definition) is 7. The molecular weight excluding hydrogens is 560 g/mol. The summed E-state index contributed by atoms with van der Waals surface area (Å²) in [4.78, 5) is 28.4. The Balaban J connectivity index is 2.36. The van der Waals surface area contributed by atoms with Gasteiger partial charge < -0.3 is 29.0 Å². The molecule has 1 aliphatic rings. The Hall–Kier alpha value is -2.52. The van der Waals surface area contributed by atoms with Gasteiger partial charge in [0.1, 0.15) is 11.3 Å². The molecule has 1 aromatic rings. The fourth-order valence-corrected chi connectivity index (χ4v) is 5.77. The molecule has 0 radical (unpaired) electrons. The van der Waals surface area contributed by atoms with Crippen LogP contribution in [0.15, 0.2) is 18.2 Å². The van der Waals surface area contributed by atoms with Crippen LogP contribution in [0.25, 0.3) is 0 Å². The van der Waals surface area contributed by atoms with E-state index in [4.69, 9.17) is 23.7 Å². The molecule has 9 nitrogen and oxygen atoms in total. The average Bonchev–Trinajstić information content (AvgIpc) is 3.18. The Bertz CT molecular complexity index is 1040. The summed E-state index contributed by atoms with van der Waals surface area (Å²) in [7, 11) is 3.33. The van der Waals surface area contributed by atoms with Crippen LogP contribution in [0.1, 0.15) is 100.0 Å². The monoisotopic (exact) mass is 620 g/mol. The molecule has 0 aliphatic carbocycles. The molecule has 1 fully saturated rings. The minimum atomic E-state index is -0.888. The number of nitrogens with one attached hydrogen (secondary N) is 1. The van der Waals surface area contributed by atoms with Crippen molar-refractivity contribution in [3.8, 4) is 11.5 Å². The Morgan fingerprint density at radius 1 is 1.05 bits per heavy atom. The fraction of sp³-hybridized carbons (Fsp3) is 0.771. The number of ether oxygens (including phenoxy) is 5. The van der Waals surface area contributed by atoms with Gasteiger partial charge in [0, 0.05) is 32.6 Å². The highest BCUT2D eigenvalue weighted by atomic mass is 16.6. The van der Waals surface area contributed by atoms with E-state index < -0.39 is 17.4 Å². The van der Waals surface area contributed by atoms with E-state index in [0.717, 1.165) is 31.2 Å². The van der Waals surface area contributed by atoms with Crippen LogP contribution < -0.4 is 14.8 Å². The average molecular weight is 621 g/mol. The highest BCUT2D eigenvalue weighted by Crippen LogP contribution is 2.41. The molecule has 252 valence electrons. The van der Waals surface area contributed by atoms with Crippen LogP contribution in [0.4, 0.5) is 4.79 Å². The summed E-state index contributed by atoms with van der Waals surface area (Å²) in [5.41, 5.74) is -0.405. The van der Waals surface area contributed by atoms with Gasteiger partial charge in [0.05, 0.1) is 25.9 Å². The van der Waals surface area contributed by atoms with E-state index in [1.54, 1.807) is 19.1 Å². The van der Waals surface area contributed by atoms with Crippen LogP contribution in [-0.2, 0) is 25.4 Å². The standard InChI is InChI=1S/C35H60N2O7/c1-12-13-17-36-32(38)25(4)20-30-28(37(35(8,9)43-30)33(39)44-34(5,6)7)23-27(24(2)3)21-26-15-16-29(41-11)31(22-26)42-19-14-18-40-10/h15-16,22,24-25,27-28,30H,12-14,17-21,23H2,1-11H3,(H,36,38)/t25-,27+,28+,30+/m1/s1. The molecule has 4 atom stereocenters. The van der Waals surface area contributed by atoms with Gasteiger partial charge in [0.15, 0.2) is 11.5 Å². The van der Waals surface area contributed by atoms with Crippen molar-refractivity contribution >= 4 is 12.0 Å². The van der Waals surface area contributed by atoms with Gasteiger partial charge in [-0.15, -0.1) is 0 Å². The van der Waals surface area contributed by atoms with Gasteiger partial charge in [0.2, 0.25) is 5.91 Å². The Kier molecular flexibility index (Phi) is 14.8. The lowest BCUT2D eigenvalue weighted by atomic mass is 9.81. The van der Waals surface area contributed by atoms with Crippen LogP contribution in [0.3, 0.4) is 0 Å². The first-order chi connectivity index (χ1) is 20.6. The van der Waals surface area contributed by atoms with Crippen molar-refractivity contribution in [1.29, 1.82) is 0 Å². The van der Waals surface area contributed by atoms with E-state index in [9.17, 15) is 9.59 Å². The lowest BCUT2D eigenvalue weighted by Crippen LogP contribution is -2.51. The summed E-state index contributed by atoms with van der Waals surface area (Å²) in [5, 5.41) is 3.06. The van der Waals surface area contributed by atoms with Crippen molar-refractivity contribution in [2.45, 2.75) is 124 Å². The third kappa shape index (κ3) is 11.4. The first kappa shape index (κ1) is 37.7. The predicted octanol–water partition coefficient (Wildman–Crippen LogP) is 7.00. The summed E-state index contributed by atoms with van der Waals surface area (Å²) in [6.07, 6.45) is 4.04. The number of benzene rings is 1. The summed E-state index contributed by atoms with van der Waals surface area (Å²) >= 11 is 0. The second-order valence-corrected chi connectivity index (χ2v) is 13.9. The fourth-order valence-electron chi connectivity index (χ4n) is 5.77. The Morgan fingerprint density at radius 3 is 2.34 bits per heavy atom. The number of carbonyl (C=O) groups excluding carboxylic acids is 2. The molecule has 1 saturated heterocycles. The topological polar surface area (TPSA) is 95.6 Å². The van der Waals surface area contributed by atoms with Gasteiger partial charge in [-0.1, -0.05) is 40.2 Å². The molecule has 0 unspecified atom stereocenters. The molecule has 0 saturated carbocycles. The predicted molar refractivity (Wildman–Crippen MR) is 174 cm³/mol. The van der Waals surface area contributed by atoms with Crippen molar-refractivity contribution in [2.75, 3.05) is 34.0 Å². The zero-order valence-electron chi connectivity index (χ0n) is 29.3. The Morgan fingerprint density at radius 2 is 1.75 bits per heavy atom. The molecule has 0 aromatic heterocycles. The van der Waals surface area contributed by atoms with E-state index in [-0.39, 0.29) is 29.9 Å². The highest BCUT2D eigenvalue weighted by molar-refractivity contribution is 5.78. The number of carbonyl (C=O) groups is 2. The second kappa shape index (κ2) is 17.2. The second-order valence-electron chi connectivity index (χ2n) is 13.9. The van der Waals surface area contributed by atoms with Crippen LogP contribution in [0, 0.1) is 17.8 Å². The van der Waals surface area contributed by atoms with Crippen LogP contribution >= 0.6 is 0 Å². The Labute approximate surface area is 266 Å². The molecule has 44 heavy (non-hydrogen) atoms. The maximum atomic E-state index is 13.7. The molecule has 2 amide bonds. The minimum Gasteiger partial charge on any atom is -0.493 e. The molecule has 9 heteroatoms. The van der Waals surface area contributed by atoms with E-state index in [1.807, 2.05) is 47.6 Å². The number of amides is 2. The van der Waals surface area contributed by atoms with E-state index in [2.05, 4.69) is 38.2 Å². The van der Waals surface area contributed by atoms with Gasteiger partial charge in [-0.2, -0.15) is 0 Å². The van der Waals surface area contributed by atoms with Gasteiger partial charge in [-0.3, -0.25) is 9.69 Å². The zero-order chi connectivity index (χ0) is 33.1. The maximum absolute atomic E-state index is 13.7. The minimum absolute atomic E-state index is 0.0194. The van der Waals surface area contributed by atoms with E-state index in [1.165, 1.54) is 0 Å². The molecule has 0 bridgehead atoms. The van der Waals surface area contributed by atoms with Crippen molar-refractivity contribution in [2.24, 2.45) is 17.8 Å². The molecule has 2 rings (SSSR count). The molecule has 1 aliphatic heterocycles. The zero-order valence-corrected chi connectivity index (χ0v) is 29.3. The lowest BCUT2D eigenvalue weighted by Gasteiger charge is -2.37. The van der Waals surface area contributed by atoms with Gasteiger partial charge in [-0.25, -0.2) is 4.79 Å². The quantitative estimate of drug-likeness (QED) is 0.187. The van der Waals surface area contributed by atoms with Crippen LogP contribution in [0.2, 0.25) is 0 Å². The normalized spacial score (nSPS) is 19.5. The summed E-state index contributed by atoms with van der Waals surface area (Å²) in [6, 6.07) is 5.83. The van der Waals surface area contributed by atoms with Gasteiger partial charge in [-0.05, 0) is 89.8 Å². The maximum Gasteiger partial charge on any atom is 0.412 e. The molecular formula is C35H60N2O7. The summed E-state index contributed by atoms with van der Waals surface area (Å²) < 4.78 is 29.3. The number of nitrogens with zero attached hydrogens (tertiary/aromatic N) is 1. The van der Waals surface area contributed by atoms with E-state index in [0.29, 0.717) is 50.0 Å². The van der Waals surface area contributed by atoms with Gasteiger partial charge in [0.25, 0.3) is 0 Å². The molecule has 1 N–H and O–H groups in total.